The van der Waals surface area contributed by atoms with E-state index < -0.39 is 0 Å². The molecule has 0 amide bonds. The fourth-order valence-electron chi connectivity index (χ4n) is 1.15. The summed E-state index contributed by atoms with van der Waals surface area (Å²) in [5.74, 6) is 0.609. The van der Waals surface area contributed by atoms with Gasteiger partial charge in [0.05, 0.1) is 10.7 Å². The number of nitrogens with two attached hydrogens (primary N) is 1. The molecule has 1 aromatic heterocycles. The fourth-order valence-corrected chi connectivity index (χ4v) is 1.30. The minimum absolute atomic E-state index is 0.495. The maximum Gasteiger partial charge on any atom is 0.0788 e. The molecule has 0 spiro atoms. The van der Waals surface area contributed by atoms with Crippen molar-refractivity contribution in [1.82, 2.24) is 9.78 Å². The van der Waals surface area contributed by atoms with Gasteiger partial charge >= 0.3 is 0 Å². The average molecular weight is 197 g/mol. The van der Waals surface area contributed by atoms with Gasteiger partial charge < -0.3 is 5.73 Å². The molecule has 0 unspecified atom stereocenters. The van der Waals surface area contributed by atoms with Gasteiger partial charge in [-0.15, -0.1) is 0 Å². The van der Waals surface area contributed by atoms with E-state index in [1.165, 1.54) is 0 Å². The Labute approximate surface area is 83.9 Å². The summed E-state index contributed by atoms with van der Waals surface area (Å²) in [5.41, 5.74) is 6.37. The zero-order valence-corrected chi connectivity index (χ0v) is 8.84. The van der Waals surface area contributed by atoms with E-state index in [1.807, 2.05) is 16.9 Å². The zero-order chi connectivity index (χ0) is 9.84. The minimum atomic E-state index is 0.495. The van der Waals surface area contributed by atoms with Gasteiger partial charge in [-0.1, -0.05) is 26.1 Å². The quantitative estimate of drug-likeness (QED) is 0.741. The molecule has 0 aromatic carbocycles. The van der Waals surface area contributed by atoms with Gasteiger partial charge in [0.1, 0.15) is 0 Å². The highest BCUT2D eigenvalue weighted by Gasteiger charge is 2.01. The van der Waals surface area contributed by atoms with Crippen molar-refractivity contribution in [3.8, 4) is 0 Å². The molecular formula is C9H15N3S. The van der Waals surface area contributed by atoms with Crippen LogP contribution in [0.4, 0.5) is 0 Å². The van der Waals surface area contributed by atoms with Crippen LogP contribution >= 0.6 is 12.2 Å². The van der Waals surface area contributed by atoms with Crippen molar-refractivity contribution in [2.45, 2.75) is 26.8 Å². The molecule has 0 saturated carbocycles. The van der Waals surface area contributed by atoms with Gasteiger partial charge in [0.25, 0.3) is 0 Å². The molecule has 0 bridgehead atoms. The molecular weight excluding hydrogens is 182 g/mol. The van der Waals surface area contributed by atoms with Crippen LogP contribution in [0.2, 0.25) is 0 Å². The van der Waals surface area contributed by atoms with Crippen molar-refractivity contribution in [2.24, 2.45) is 11.7 Å². The normalized spacial score (nSPS) is 10.7. The Hall–Kier alpha value is -0.900. The number of hydrogen-bond acceptors (Lipinski definition) is 2. The average Bonchev–Trinajstić information content (AvgIpc) is 2.33. The van der Waals surface area contributed by atoms with E-state index in [0.717, 1.165) is 12.2 Å². The van der Waals surface area contributed by atoms with Crippen LogP contribution in [0.15, 0.2) is 12.3 Å². The molecule has 1 aromatic rings. The summed E-state index contributed by atoms with van der Waals surface area (Å²) in [6.07, 6.45) is 2.56. The van der Waals surface area contributed by atoms with Crippen LogP contribution in [0.25, 0.3) is 0 Å². The smallest absolute Gasteiger partial charge is 0.0788 e. The van der Waals surface area contributed by atoms with Gasteiger partial charge in [-0.2, -0.15) is 5.10 Å². The fraction of sp³-hybridized carbons (Fsp3) is 0.556. The number of rotatable bonds is 4. The largest absolute Gasteiger partial charge is 0.393 e. The number of nitrogens with zero attached hydrogens (tertiary/aromatic N) is 2. The van der Waals surface area contributed by atoms with E-state index in [1.54, 1.807) is 0 Å². The van der Waals surface area contributed by atoms with Crippen LogP contribution < -0.4 is 5.73 Å². The van der Waals surface area contributed by atoms with Gasteiger partial charge in [-0.25, -0.2) is 0 Å². The van der Waals surface area contributed by atoms with E-state index in [-0.39, 0.29) is 0 Å². The highest BCUT2D eigenvalue weighted by atomic mass is 32.1. The molecule has 0 fully saturated rings. The SMILES string of the molecule is CC(C)Cn1ccc(CC(N)=S)n1. The Kier molecular flexibility index (Phi) is 3.42. The van der Waals surface area contributed by atoms with Gasteiger partial charge in [-0.05, 0) is 12.0 Å². The van der Waals surface area contributed by atoms with Gasteiger partial charge in [0, 0.05) is 19.2 Å². The molecule has 0 aliphatic carbocycles. The monoisotopic (exact) mass is 197 g/mol. The Balaban J connectivity index is 2.58. The number of hydrogen-bond donors (Lipinski definition) is 1. The van der Waals surface area contributed by atoms with Crippen molar-refractivity contribution in [1.29, 1.82) is 0 Å². The summed E-state index contributed by atoms with van der Waals surface area (Å²) in [6.45, 7) is 5.27. The molecule has 72 valence electrons. The predicted molar refractivity (Wildman–Crippen MR) is 57.6 cm³/mol. The van der Waals surface area contributed by atoms with E-state index >= 15 is 0 Å². The summed E-state index contributed by atoms with van der Waals surface area (Å²) in [7, 11) is 0. The van der Waals surface area contributed by atoms with E-state index in [9.17, 15) is 0 Å². The topological polar surface area (TPSA) is 43.8 Å². The molecule has 0 saturated heterocycles. The molecule has 3 nitrogen and oxygen atoms in total. The first-order valence-electron chi connectivity index (χ1n) is 4.38. The summed E-state index contributed by atoms with van der Waals surface area (Å²) >= 11 is 4.80. The third-order valence-corrected chi connectivity index (χ3v) is 1.75. The molecule has 0 aliphatic rings. The first-order valence-corrected chi connectivity index (χ1v) is 4.79. The number of thiocarbonyl (C=S) groups is 1. The lowest BCUT2D eigenvalue weighted by Gasteiger charge is -2.03. The third-order valence-electron chi connectivity index (χ3n) is 1.60. The third kappa shape index (κ3) is 3.55. The first-order chi connectivity index (χ1) is 6.08. The lowest BCUT2D eigenvalue weighted by atomic mass is 10.2. The van der Waals surface area contributed by atoms with Crippen LogP contribution in [0.1, 0.15) is 19.5 Å². The van der Waals surface area contributed by atoms with Crippen molar-refractivity contribution in [3.63, 3.8) is 0 Å². The maximum absolute atomic E-state index is 5.42. The van der Waals surface area contributed by atoms with Crippen LogP contribution in [0, 0.1) is 5.92 Å². The zero-order valence-electron chi connectivity index (χ0n) is 8.03. The van der Waals surface area contributed by atoms with E-state index in [2.05, 4.69) is 18.9 Å². The van der Waals surface area contributed by atoms with Gasteiger partial charge in [-0.3, -0.25) is 4.68 Å². The van der Waals surface area contributed by atoms with Crippen molar-refractivity contribution in [2.75, 3.05) is 0 Å². The van der Waals surface area contributed by atoms with Crippen molar-refractivity contribution in [3.05, 3.63) is 18.0 Å². The highest BCUT2D eigenvalue weighted by molar-refractivity contribution is 7.80. The van der Waals surface area contributed by atoms with Crippen LogP contribution in [0.5, 0.6) is 0 Å². The van der Waals surface area contributed by atoms with Crippen molar-refractivity contribution < 1.29 is 0 Å². The second kappa shape index (κ2) is 4.37. The summed E-state index contributed by atoms with van der Waals surface area (Å²) in [4.78, 5) is 0.495. The molecule has 2 N–H and O–H groups in total. The molecule has 4 heteroatoms. The van der Waals surface area contributed by atoms with Gasteiger partial charge in [0.2, 0.25) is 0 Å². The van der Waals surface area contributed by atoms with Crippen LogP contribution in [-0.4, -0.2) is 14.8 Å². The molecule has 1 rings (SSSR count). The number of aromatic nitrogens is 2. The molecule has 13 heavy (non-hydrogen) atoms. The van der Waals surface area contributed by atoms with Crippen LogP contribution in [-0.2, 0) is 13.0 Å². The second-order valence-corrected chi connectivity index (χ2v) is 4.09. The lowest BCUT2D eigenvalue weighted by molar-refractivity contribution is 0.481. The standard InChI is InChI=1S/C9H15N3S/c1-7(2)6-12-4-3-8(11-12)5-9(10)13/h3-4,7H,5-6H2,1-2H3,(H2,10,13). The summed E-state index contributed by atoms with van der Waals surface area (Å²) < 4.78 is 1.93. The van der Waals surface area contributed by atoms with Crippen LogP contribution in [0.3, 0.4) is 0 Å². The highest BCUT2D eigenvalue weighted by Crippen LogP contribution is 2.01. The molecule has 1 heterocycles. The Morgan fingerprint density at radius 3 is 2.92 bits per heavy atom. The maximum atomic E-state index is 5.42. The minimum Gasteiger partial charge on any atom is -0.393 e. The molecule has 0 radical (unpaired) electrons. The Morgan fingerprint density at radius 2 is 2.38 bits per heavy atom. The molecule has 0 atom stereocenters. The van der Waals surface area contributed by atoms with Crippen molar-refractivity contribution >= 4 is 17.2 Å². The first kappa shape index (κ1) is 10.2. The van der Waals surface area contributed by atoms with E-state index in [4.69, 9.17) is 18.0 Å². The second-order valence-electron chi connectivity index (χ2n) is 3.57. The summed E-state index contributed by atoms with van der Waals surface area (Å²) in [5, 5.41) is 4.34. The summed E-state index contributed by atoms with van der Waals surface area (Å²) in [6, 6.07) is 1.96. The van der Waals surface area contributed by atoms with E-state index in [0.29, 0.717) is 17.3 Å². The van der Waals surface area contributed by atoms with Gasteiger partial charge in [0.15, 0.2) is 0 Å². The lowest BCUT2D eigenvalue weighted by Crippen LogP contribution is -2.12. The predicted octanol–water partition coefficient (Wildman–Crippen LogP) is 1.37. The molecule has 0 aliphatic heterocycles. The Morgan fingerprint density at radius 1 is 1.69 bits per heavy atom. The Bertz CT molecular complexity index is 291.